The molecule has 24 heavy (non-hydrogen) atoms. The van der Waals surface area contributed by atoms with Crippen LogP contribution in [0.3, 0.4) is 0 Å². The second kappa shape index (κ2) is 6.98. The Morgan fingerprint density at radius 3 is 2.88 bits per heavy atom. The van der Waals surface area contributed by atoms with Gasteiger partial charge in [-0.15, -0.1) is 5.10 Å². The van der Waals surface area contributed by atoms with E-state index in [1.165, 1.54) is 12.8 Å². The zero-order valence-corrected chi connectivity index (χ0v) is 15.5. The normalized spacial score (nSPS) is 20.4. The van der Waals surface area contributed by atoms with Crippen molar-refractivity contribution in [1.29, 1.82) is 0 Å². The average Bonchev–Trinajstić information content (AvgIpc) is 3.30. The molecule has 6 nitrogen and oxygen atoms in total. The fourth-order valence-electron chi connectivity index (χ4n) is 3.16. The summed E-state index contributed by atoms with van der Waals surface area (Å²) in [4.78, 5) is 2.38. The van der Waals surface area contributed by atoms with Crippen LogP contribution in [0.1, 0.15) is 19.8 Å². The maximum atomic E-state index is 6.15. The quantitative estimate of drug-likeness (QED) is 0.753. The molecule has 1 saturated carbocycles. The van der Waals surface area contributed by atoms with Crippen molar-refractivity contribution in [2.45, 2.75) is 32.4 Å². The first-order chi connectivity index (χ1) is 11.7. The Hall–Kier alpha value is -1.18. The topological polar surface area (TPSA) is 52.4 Å². The van der Waals surface area contributed by atoms with Gasteiger partial charge in [0.25, 0.3) is 0 Å². The third-order valence-corrected chi connectivity index (χ3v) is 5.43. The highest BCUT2D eigenvalue weighted by molar-refractivity contribution is 9.10. The van der Waals surface area contributed by atoms with Crippen LogP contribution in [0.4, 0.5) is 0 Å². The summed E-state index contributed by atoms with van der Waals surface area (Å²) in [6.07, 6.45) is 2.73. The van der Waals surface area contributed by atoms with E-state index in [-0.39, 0.29) is 6.10 Å². The molecule has 1 aromatic carbocycles. The number of benzene rings is 1. The molecular weight excluding hydrogens is 372 g/mol. The molecule has 1 atom stereocenters. The molecular formula is C17H23BrN4O2. The van der Waals surface area contributed by atoms with Crippen LogP contribution in [0.2, 0.25) is 0 Å². The molecule has 0 radical (unpaired) electrons. The lowest BCUT2D eigenvalue weighted by atomic mass is 10.2. The number of aromatic nitrogens is 3. The number of rotatable bonds is 6. The van der Waals surface area contributed by atoms with Crippen LogP contribution in [-0.4, -0.2) is 58.8 Å². The molecule has 2 aliphatic rings. The zero-order valence-electron chi connectivity index (χ0n) is 13.9. The summed E-state index contributed by atoms with van der Waals surface area (Å²) >= 11 is 3.66. The monoisotopic (exact) mass is 394 g/mol. The van der Waals surface area contributed by atoms with Crippen LogP contribution in [0.25, 0.3) is 11.0 Å². The van der Waals surface area contributed by atoms with E-state index < -0.39 is 0 Å². The van der Waals surface area contributed by atoms with E-state index in [9.17, 15) is 0 Å². The van der Waals surface area contributed by atoms with Gasteiger partial charge in [-0.05, 0) is 53.7 Å². The van der Waals surface area contributed by atoms with E-state index in [0.29, 0.717) is 0 Å². The van der Waals surface area contributed by atoms with Crippen molar-refractivity contribution in [3.8, 4) is 5.75 Å². The number of ether oxygens (including phenoxy) is 2. The third-order valence-electron chi connectivity index (χ3n) is 4.67. The van der Waals surface area contributed by atoms with Gasteiger partial charge >= 0.3 is 0 Å². The SMILES string of the molecule is CC(CN1CCOCC1)Oc1ccc2c(nnn2CC2CC2)c1Br. The van der Waals surface area contributed by atoms with Crippen molar-refractivity contribution >= 4 is 27.0 Å². The Morgan fingerprint density at radius 1 is 1.33 bits per heavy atom. The molecule has 1 aliphatic carbocycles. The first kappa shape index (κ1) is 16.3. The van der Waals surface area contributed by atoms with Gasteiger partial charge in [-0.2, -0.15) is 0 Å². The molecule has 130 valence electrons. The van der Waals surface area contributed by atoms with Crippen molar-refractivity contribution in [2.75, 3.05) is 32.8 Å². The lowest BCUT2D eigenvalue weighted by molar-refractivity contribution is 0.0218. The van der Waals surface area contributed by atoms with Gasteiger partial charge in [0.2, 0.25) is 0 Å². The largest absolute Gasteiger partial charge is 0.488 e. The smallest absolute Gasteiger partial charge is 0.136 e. The summed E-state index contributed by atoms with van der Waals surface area (Å²) < 4.78 is 14.5. The van der Waals surface area contributed by atoms with Crippen LogP contribution < -0.4 is 4.74 Å². The summed E-state index contributed by atoms with van der Waals surface area (Å²) in [5, 5.41) is 8.65. The number of fused-ring (bicyclic) bond motifs is 1. The Labute approximate surface area is 150 Å². The predicted octanol–water partition coefficient (Wildman–Crippen LogP) is 2.70. The minimum absolute atomic E-state index is 0.110. The maximum Gasteiger partial charge on any atom is 0.136 e. The average molecular weight is 395 g/mol. The van der Waals surface area contributed by atoms with E-state index in [0.717, 1.165) is 66.6 Å². The number of hydrogen-bond acceptors (Lipinski definition) is 5. The van der Waals surface area contributed by atoms with Gasteiger partial charge in [0.15, 0.2) is 0 Å². The summed E-state index contributed by atoms with van der Waals surface area (Å²) in [6, 6.07) is 4.09. The number of halogens is 1. The van der Waals surface area contributed by atoms with Gasteiger partial charge in [-0.25, -0.2) is 4.68 Å². The van der Waals surface area contributed by atoms with Crippen molar-refractivity contribution in [2.24, 2.45) is 5.92 Å². The van der Waals surface area contributed by atoms with Gasteiger partial charge in [-0.3, -0.25) is 4.90 Å². The van der Waals surface area contributed by atoms with E-state index in [1.807, 2.05) is 10.7 Å². The van der Waals surface area contributed by atoms with Gasteiger partial charge in [0, 0.05) is 26.2 Å². The molecule has 0 bridgehead atoms. The van der Waals surface area contributed by atoms with Crippen molar-refractivity contribution in [3.05, 3.63) is 16.6 Å². The van der Waals surface area contributed by atoms with Gasteiger partial charge in [-0.1, -0.05) is 5.21 Å². The first-order valence-corrected chi connectivity index (χ1v) is 9.48. The minimum atomic E-state index is 0.110. The molecule has 1 aromatic heterocycles. The Bertz CT molecular complexity index is 710. The lowest BCUT2D eigenvalue weighted by Gasteiger charge is -2.29. The number of nitrogens with zero attached hydrogens (tertiary/aromatic N) is 4. The highest BCUT2D eigenvalue weighted by Crippen LogP contribution is 2.35. The van der Waals surface area contributed by atoms with Crippen molar-refractivity contribution < 1.29 is 9.47 Å². The molecule has 4 rings (SSSR count). The van der Waals surface area contributed by atoms with E-state index in [1.54, 1.807) is 0 Å². The summed E-state index contributed by atoms with van der Waals surface area (Å²) in [5.41, 5.74) is 1.95. The molecule has 0 amide bonds. The molecule has 1 aliphatic heterocycles. The van der Waals surface area contributed by atoms with E-state index in [2.05, 4.69) is 44.1 Å². The highest BCUT2D eigenvalue weighted by Gasteiger charge is 2.24. The Morgan fingerprint density at radius 2 is 2.12 bits per heavy atom. The van der Waals surface area contributed by atoms with Gasteiger partial charge in [0.05, 0.1) is 23.2 Å². The fourth-order valence-corrected chi connectivity index (χ4v) is 3.67. The summed E-state index contributed by atoms with van der Waals surface area (Å²) in [5.74, 6) is 1.61. The van der Waals surface area contributed by atoms with Crippen molar-refractivity contribution in [3.63, 3.8) is 0 Å². The number of morpholine rings is 1. The Kier molecular flexibility index (Phi) is 4.74. The third kappa shape index (κ3) is 3.58. The van der Waals surface area contributed by atoms with Gasteiger partial charge < -0.3 is 9.47 Å². The lowest BCUT2D eigenvalue weighted by Crippen LogP contribution is -2.41. The maximum absolute atomic E-state index is 6.15. The summed E-state index contributed by atoms with van der Waals surface area (Å²) in [6.45, 7) is 7.56. The minimum Gasteiger partial charge on any atom is -0.488 e. The molecule has 7 heteroatoms. The molecule has 0 N–H and O–H groups in total. The second-order valence-electron chi connectivity index (χ2n) is 6.80. The molecule has 1 unspecified atom stereocenters. The van der Waals surface area contributed by atoms with Crippen molar-refractivity contribution in [1.82, 2.24) is 19.9 Å². The molecule has 2 heterocycles. The molecule has 2 fully saturated rings. The van der Waals surface area contributed by atoms with Crippen LogP contribution in [0.5, 0.6) is 5.75 Å². The first-order valence-electron chi connectivity index (χ1n) is 8.69. The van der Waals surface area contributed by atoms with Crippen LogP contribution in [0, 0.1) is 5.92 Å². The standard InChI is InChI=1S/C17H23BrN4O2/c1-12(10-21-6-8-23-9-7-21)24-15-5-4-14-17(16(15)18)19-20-22(14)11-13-2-3-13/h4-5,12-13H,2-3,6-11H2,1H3. The van der Waals surface area contributed by atoms with Gasteiger partial charge in [0.1, 0.15) is 17.4 Å². The zero-order chi connectivity index (χ0) is 16.5. The highest BCUT2D eigenvalue weighted by atomic mass is 79.9. The molecule has 0 spiro atoms. The molecule has 1 saturated heterocycles. The van der Waals surface area contributed by atoms with Crippen LogP contribution >= 0.6 is 15.9 Å². The van der Waals surface area contributed by atoms with Crippen LogP contribution in [-0.2, 0) is 11.3 Å². The number of hydrogen-bond donors (Lipinski definition) is 0. The Balaban J connectivity index is 1.46. The summed E-state index contributed by atoms with van der Waals surface area (Å²) in [7, 11) is 0. The van der Waals surface area contributed by atoms with Crippen LogP contribution in [0.15, 0.2) is 16.6 Å². The fraction of sp³-hybridized carbons (Fsp3) is 0.647. The van der Waals surface area contributed by atoms with E-state index >= 15 is 0 Å². The second-order valence-corrected chi connectivity index (χ2v) is 7.59. The predicted molar refractivity (Wildman–Crippen MR) is 95.3 cm³/mol. The van der Waals surface area contributed by atoms with E-state index in [4.69, 9.17) is 9.47 Å². The molecule has 2 aromatic rings.